The number of halogens is 1. The van der Waals surface area contributed by atoms with Crippen molar-refractivity contribution in [3.05, 3.63) is 66.1 Å². The second-order valence-electron chi connectivity index (χ2n) is 5.40. The molecule has 0 aliphatic rings. The van der Waals surface area contributed by atoms with Crippen molar-refractivity contribution in [1.82, 2.24) is 15.3 Å². The van der Waals surface area contributed by atoms with Crippen LogP contribution in [0.5, 0.6) is 5.75 Å². The Morgan fingerprint density at radius 1 is 1.15 bits per heavy atom. The van der Waals surface area contributed by atoms with Gasteiger partial charge in [-0.25, -0.2) is 14.6 Å². The number of benzene rings is 2. The van der Waals surface area contributed by atoms with Gasteiger partial charge in [-0.2, -0.15) is 5.10 Å². The van der Waals surface area contributed by atoms with Crippen molar-refractivity contribution in [2.45, 2.75) is 6.92 Å². The number of ether oxygens (including phenoxy) is 1. The molecule has 6 nitrogen and oxygen atoms in total. The van der Waals surface area contributed by atoms with Gasteiger partial charge in [0.1, 0.15) is 17.3 Å². The highest BCUT2D eigenvalue weighted by atomic mass is 19.1. The monoisotopic (exact) mass is 355 g/mol. The lowest BCUT2D eigenvalue weighted by Gasteiger charge is -2.07. The highest BCUT2D eigenvalue weighted by Gasteiger charge is 2.18. The van der Waals surface area contributed by atoms with Crippen LogP contribution in [0.15, 0.2) is 54.6 Å². The van der Waals surface area contributed by atoms with Crippen molar-refractivity contribution in [2.75, 3.05) is 13.7 Å². The average Bonchev–Trinajstić information content (AvgIpc) is 3.12. The highest BCUT2D eigenvalue weighted by Crippen LogP contribution is 2.24. The van der Waals surface area contributed by atoms with E-state index in [1.54, 1.807) is 32.2 Å². The number of nitrogens with one attached hydrogen (secondary N) is 1. The van der Waals surface area contributed by atoms with Crippen molar-refractivity contribution < 1.29 is 18.8 Å². The van der Waals surface area contributed by atoms with Gasteiger partial charge in [0, 0.05) is 5.56 Å². The number of methoxy groups -OCH3 is 1. The fraction of sp³-hybridized carbons (Fsp3) is 0.158. The van der Waals surface area contributed by atoms with E-state index < -0.39 is 5.91 Å². The zero-order valence-electron chi connectivity index (χ0n) is 14.4. The summed E-state index contributed by atoms with van der Waals surface area (Å²) in [4.78, 5) is 17.4. The first-order valence-electron chi connectivity index (χ1n) is 8.05. The van der Waals surface area contributed by atoms with Gasteiger partial charge in [-0.3, -0.25) is 9.63 Å². The minimum Gasteiger partial charge on any atom is -0.497 e. The molecular weight excluding hydrogens is 337 g/mol. The van der Waals surface area contributed by atoms with E-state index in [1.807, 2.05) is 24.3 Å². The van der Waals surface area contributed by atoms with Crippen molar-refractivity contribution >= 4 is 5.91 Å². The Bertz CT molecular complexity index is 889. The van der Waals surface area contributed by atoms with Crippen LogP contribution < -0.4 is 10.2 Å². The first kappa shape index (κ1) is 17.6. The summed E-state index contributed by atoms with van der Waals surface area (Å²) in [7, 11) is 1.59. The molecule has 0 radical (unpaired) electrons. The molecule has 1 N–H and O–H groups in total. The van der Waals surface area contributed by atoms with Gasteiger partial charge in [0.2, 0.25) is 0 Å². The molecule has 0 saturated carbocycles. The summed E-state index contributed by atoms with van der Waals surface area (Å²) in [6.45, 7) is 2.10. The zero-order valence-corrected chi connectivity index (χ0v) is 14.4. The summed E-state index contributed by atoms with van der Waals surface area (Å²) < 4.78 is 19.8. The van der Waals surface area contributed by atoms with Gasteiger partial charge >= 0.3 is 0 Å². The molecule has 7 heteroatoms. The SMILES string of the molecule is CCONC(=O)c1cc(-c2ccc(OC)cc2)nn1-c1ccc(F)cc1. The number of hydrogen-bond acceptors (Lipinski definition) is 4. The maximum Gasteiger partial charge on any atom is 0.293 e. The molecule has 3 rings (SSSR count). The van der Waals surface area contributed by atoms with Crippen LogP contribution in [-0.2, 0) is 4.84 Å². The van der Waals surface area contributed by atoms with Gasteiger partial charge in [-0.15, -0.1) is 0 Å². The van der Waals surface area contributed by atoms with Crippen molar-refractivity contribution in [3.63, 3.8) is 0 Å². The van der Waals surface area contributed by atoms with E-state index in [0.29, 0.717) is 18.0 Å². The van der Waals surface area contributed by atoms with Crippen LogP contribution in [0.25, 0.3) is 16.9 Å². The lowest BCUT2D eigenvalue weighted by Crippen LogP contribution is -2.26. The summed E-state index contributed by atoms with van der Waals surface area (Å²) in [6, 6.07) is 14.7. The van der Waals surface area contributed by atoms with Gasteiger partial charge in [-0.1, -0.05) is 0 Å². The van der Waals surface area contributed by atoms with Crippen LogP contribution in [0.4, 0.5) is 4.39 Å². The number of hydroxylamine groups is 1. The Labute approximate surface area is 150 Å². The Balaban J connectivity index is 2.03. The predicted molar refractivity (Wildman–Crippen MR) is 94.6 cm³/mol. The van der Waals surface area contributed by atoms with Gasteiger partial charge in [0.25, 0.3) is 5.91 Å². The summed E-state index contributed by atoms with van der Waals surface area (Å²) in [5.74, 6) is -0.0823. The summed E-state index contributed by atoms with van der Waals surface area (Å²) >= 11 is 0. The smallest absolute Gasteiger partial charge is 0.293 e. The molecule has 1 amide bonds. The molecule has 0 atom stereocenters. The van der Waals surface area contributed by atoms with Gasteiger partial charge in [0.05, 0.1) is 25.1 Å². The van der Waals surface area contributed by atoms with E-state index in [0.717, 1.165) is 11.3 Å². The second kappa shape index (κ2) is 7.79. The molecule has 134 valence electrons. The van der Waals surface area contributed by atoms with E-state index in [9.17, 15) is 9.18 Å². The Kier molecular flexibility index (Phi) is 5.28. The molecule has 3 aromatic rings. The molecule has 0 bridgehead atoms. The Morgan fingerprint density at radius 3 is 2.46 bits per heavy atom. The van der Waals surface area contributed by atoms with E-state index >= 15 is 0 Å². The molecular formula is C19H18FN3O3. The third-order valence-electron chi connectivity index (χ3n) is 3.71. The van der Waals surface area contributed by atoms with Crippen molar-refractivity contribution in [1.29, 1.82) is 0 Å². The molecule has 26 heavy (non-hydrogen) atoms. The number of rotatable bonds is 6. The Morgan fingerprint density at radius 2 is 1.85 bits per heavy atom. The van der Waals surface area contributed by atoms with Crippen LogP contribution >= 0.6 is 0 Å². The third kappa shape index (κ3) is 3.73. The second-order valence-corrected chi connectivity index (χ2v) is 5.40. The largest absolute Gasteiger partial charge is 0.497 e. The fourth-order valence-corrected chi connectivity index (χ4v) is 2.41. The van der Waals surface area contributed by atoms with Crippen molar-refractivity contribution in [3.8, 4) is 22.7 Å². The number of aromatic nitrogens is 2. The van der Waals surface area contributed by atoms with Crippen LogP contribution in [0.3, 0.4) is 0 Å². The maximum absolute atomic E-state index is 13.2. The topological polar surface area (TPSA) is 65.4 Å². The first-order chi connectivity index (χ1) is 12.6. The molecule has 0 spiro atoms. The van der Waals surface area contributed by atoms with Crippen molar-refractivity contribution in [2.24, 2.45) is 0 Å². The molecule has 0 unspecified atom stereocenters. The summed E-state index contributed by atoms with van der Waals surface area (Å²) in [5.41, 5.74) is 4.61. The van der Waals surface area contributed by atoms with Gasteiger partial charge < -0.3 is 4.74 Å². The molecule has 0 saturated heterocycles. The first-order valence-corrected chi connectivity index (χ1v) is 8.05. The van der Waals surface area contributed by atoms with Crippen LogP contribution in [0.2, 0.25) is 0 Å². The number of nitrogens with zero attached hydrogens (tertiary/aromatic N) is 2. The molecule has 0 aliphatic heterocycles. The fourth-order valence-electron chi connectivity index (χ4n) is 2.41. The normalized spacial score (nSPS) is 10.6. The zero-order chi connectivity index (χ0) is 18.5. The number of hydrogen-bond donors (Lipinski definition) is 1. The quantitative estimate of drug-likeness (QED) is 0.689. The van der Waals surface area contributed by atoms with E-state index in [2.05, 4.69) is 10.6 Å². The summed E-state index contributed by atoms with van der Waals surface area (Å²) in [6.07, 6.45) is 0. The number of carbonyl (C=O) groups is 1. The standard InChI is InChI=1S/C19H18FN3O3/c1-3-26-22-19(24)18-12-17(13-4-10-16(25-2)11-5-13)21-23(18)15-8-6-14(20)7-9-15/h4-12H,3H2,1-2H3,(H,22,24). The van der Waals surface area contributed by atoms with Crippen LogP contribution in [-0.4, -0.2) is 29.4 Å². The van der Waals surface area contributed by atoms with Crippen LogP contribution in [0, 0.1) is 5.82 Å². The molecule has 0 aliphatic carbocycles. The molecule has 2 aromatic carbocycles. The van der Waals surface area contributed by atoms with E-state index in [4.69, 9.17) is 9.57 Å². The average molecular weight is 355 g/mol. The minimum absolute atomic E-state index is 0.274. The lowest BCUT2D eigenvalue weighted by atomic mass is 10.1. The van der Waals surface area contributed by atoms with E-state index in [-0.39, 0.29) is 11.5 Å². The van der Waals surface area contributed by atoms with Gasteiger partial charge in [-0.05, 0) is 61.5 Å². The van der Waals surface area contributed by atoms with Crippen LogP contribution in [0.1, 0.15) is 17.4 Å². The Hall–Kier alpha value is -3.19. The molecule has 0 fully saturated rings. The highest BCUT2D eigenvalue weighted by molar-refractivity contribution is 5.93. The third-order valence-corrected chi connectivity index (χ3v) is 3.71. The lowest BCUT2D eigenvalue weighted by molar-refractivity contribution is 0.0357. The maximum atomic E-state index is 13.2. The van der Waals surface area contributed by atoms with E-state index in [1.165, 1.54) is 16.8 Å². The van der Waals surface area contributed by atoms with Gasteiger partial charge in [0.15, 0.2) is 0 Å². The molecule has 1 heterocycles. The molecule has 1 aromatic heterocycles. The minimum atomic E-state index is -0.441. The number of carbonyl (C=O) groups excluding carboxylic acids is 1. The number of amides is 1. The predicted octanol–water partition coefficient (Wildman–Crippen LogP) is 3.37. The summed E-state index contributed by atoms with van der Waals surface area (Å²) in [5, 5.41) is 4.50.